The lowest BCUT2D eigenvalue weighted by Gasteiger charge is -2.50. The first-order valence-corrected chi connectivity index (χ1v) is 10.2. The summed E-state index contributed by atoms with van der Waals surface area (Å²) in [5.74, 6) is -1.06. The number of carboxylic acids is 1. The largest absolute Gasteiger partial charge is 0.479 e. The van der Waals surface area contributed by atoms with Crippen LogP contribution in [0, 0.1) is 0 Å². The molecule has 0 radical (unpaired) electrons. The Hall–Kier alpha value is -1.92. The van der Waals surface area contributed by atoms with Crippen molar-refractivity contribution in [3.8, 4) is 0 Å². The van der Waals surface area contributed by atoms with E-state index < -0.39 is 11.5 Å². The Morgan fingerprint density at radius 1 is 1.04 bits per heavy atom. The molecule has 0 aromatic heterocycles. The zero-order valence-corrected chi connectivity index (χ0v) is 16.3. The first-order chi connectivity index (χ1) is 13.1. The van der Waals surface area contributed by atoms with E-state index in [0.29, 0.717) is 31.5 Å². The van der Waals surface area contributed by atoms with E-state index in [9.17, 15) is 14.7 Å². The molecule has 148 valence electrons. The highest BCUT2D eigenvalue weighted by atomic mass is 16.4. The summed E-state index contributed by atoms with van der Waals surface area (Å²) in [6.07, 6.45) is 4.88. The van der Waals surface area contributed by atoms with Crippen molar-refractivity contribution in [2.45, 2.75) is 51.0 Å². The van der Waals surface area contributed by atoms with Gasteiger partial charge >= 0.3 is 5.97 Å². The topological polar surface area (TPSA) is 64.1 Å². The molecule has 1 aliphatic heterocycles. The van der Waals surface area contributed by atoms with E-state index in [1.807, 2.05) is 23.2 Å². The Morgan fingerprint density at radius 3 is 2.22 bits per heavy atom. The fourth-order valence-corrected chi connectivity index (χ4v) is 4.43. The van der Waals surface area contributed by atoms with Crippen LogP contribution in [0.3, 0.4) is 0 Å². The Bertz CT molecular complexity index is 635. The predicted molar refractivity (Wildman–Crippen MR) is 104 cm³/mol. The molecule has 1 saturated carbocycles. The van der Waals surface area contributed by atoms with E-state index in [4.69, 9.17) is 0 Å². The summed E-state index contributed by atoms with van der Waals surface area (Å²) in [6, 6.07) is 9.10. The molecular formula is C21H31N3O3. The lowest BCUT2D eigenvalue weighted by atomic mass is 9.80. The average molecular weight is 373 g/mol. The van der Waals surface area contributed by atoms with Gasteiger partial charge < -0.3 is 10.0 Å². The number of hydrazine groups is 1. The Labute approximate surface area is 161 Å². The number of hydrogen-bond acceptors (Lipinski definition) is 4. The molecule has 2 fully saturated rings. The number of carbonyl (C=O) groups excluding carboxylic acids is 1. The standard InChI is InChI=1S/C21H31N3O3/c1-2-13-22-14-16-23(17-15-22)24(19(25)18-9-5-3-6-10-18)21(20(26)27)11-7-4-8-12-21/h3,5-6,9-10H,2,4,7-8,11-17H2,1H3,(H,26,27). The molecule has 0 atom stereocenters. The van der Waals surface area contributed by atoms with Crippen LogP contribution in [0.4, 0.5) is 0 Å². The summed E-state index contributed by atoms with van der Waals surface area (Å²) in [5, 5.41) is 13.8. The maximum atomic E-state index is 13.5. The molecular weight excluding hydrogens is 342 g/mol. The lowest BCUT2D eigenvalue weighted by molar-refractivity contribution is -0.170. The number of carboxylic acid groups (broad SMARTS) is 1. The molecule has 1 amide bonds. The van der Waals surface area contributed by atoms with Crippen LogP contribution in [-0.4, -0.2) is 70.2 Å². The Morgan fingerprint density at radius 2 is 1.67 bits per heavy atom. The molecule has 1 heterocycles. The zero-order chi connectivity index (χ0) is 19.3. The van der Waals surface area contributed by atoms with E-state index in [2.05, 4.69) is 11.8 Å². The number of carbonyl (C=O) groups is 2. The average Bonchev–Trinajstić information content (AvgIpc) is 2.71. The van der Waals surface area contributed by atoms with Gasteiger partial charge in [-0.05, 0) is 37.9 Å². The third kappa shape index (κ3) is 4.17. The summed E-state index contributed by atoms with van der Waals surface area (Å²) < 4.78 is 0. The molecule has 1 saturated heterocycles. The van der Waals surface area contributed by atoms with E-state index in [0.717, 1.165) is 45.3 Å². The number of rotatable bonds is 6. The van der Waals surface area contributed by atoms with E-state index >= 15 is 0 Å². The molecule has 1 N–H and O–H groups in total. The molecule has 3 rings (SSSR count). The number of piperazine rings is 1. The number of aliphatic carboxylic acids is 1. The van der Waals surface area contributed by atoms with Gasteiger partial charge in [0.05, 0.1) is 0 Å². The Balaban J connectivity index is 1.91. The van der Waals surface area contributed by atoms with E-state index in [1.165, 1.54) is 0 Å². The van der Waals surface area contributed by atoms with Crippen molar-refractivity contribution in [1.29, 1.82) is 0 Å². The summed E-state index contributed by atoms with van der Waals surface area (Å²) in [6.45, 7) is 6.31. The van der Waals surface area contributed by atoms with Crippen LogP contribution in [0.1, 0.15) is 55.8 Å². The third-order valence-electron chi connectivity index (χ3n) is 5.87. The second kappa shape index (κ2) is 8.85. The SMILES string of the molecule is CCCN1CCN(N(C(=O)c2ccccc2)C2(C(=O)O)CCCCC2)CC1. The molecule has 1 aromatic rings. The maximum Gasteiger partial charge on any atom is 0.331 e. The fourth-order valence-electron chi connectivity index (χ4n) is 4.43. The van der Waals surface area contributed by atoms with Crippen LogP contribution in [0.5, 0.6) is 0 Å². The Kier molecular flexibility index (Phi) is 6.50. The van der Waals surface area contributed by atoms with Crippen LogP contribution in [0.2, 0.25) is 0 Å². The first-order valence-electron chi connectivity index (χ1n) is 10.2. The van der Waals surface area contributed by atoms with Crippen molar-refractivity contribution in [3.63, 3.8) is 0 Å². The van der Waals surface area contributed by atoms with Crippen molar-refractivity contribution in [2.24, 2.45) is 0 Å². The first kappa shape index (κ1) is 19.8. The van der Waals surface area contributed by atoms with Gasteiger partial charge in [0.15, 0.2) is 5.54 Å². The highest BCUT2D eigenvalue weighted by molar-refractivity contribution is 5.97. The van der Waals surface area contributed by atoms with Crippen molar-refractivity contribution in [1.82, 2.24) is 14.9 Å². The number of amides is 1. The van der Waals surface area contributed by atoms with Gasteiger partial charge in [-0.2, -0.15) is 0 Å². The van der Waals surface area contributed by atoms with Crippen LogP contribution < -0.4 is 0 Å². The molecule has 6 nitrogen and oxygen atoms in total. The lowest BCUT2D eigenvalue weighted by Crippen LogP contribution is -2.67. The molecule has 1 aliphatic carbocycles. The van der Waals surface area contributed by atoms with Gasteiger partial charge in [0.2, 0.25) is 0 Å². The van der Waals surface area contributed by atoms with Crippen LogP contribution in [-0.2, 0) is 4.79 Å². The monoisotopic (exact) mass is 373 g/mol. The summed E-state index contributed by atoms with van der Waals surface area (Å²) in [5.41, 5.74) is -0.572. The van der Waals surface area contributed by atoms with Gasteiger partial charge in [0, 0.05) is 31.7 Å². The summed E-state index contributed by atoms with van der Waals surface area (Å²) in [7, 11) is 0. The number of hydrogen-bond donors (Lipinski definition) is 1. The van der Waals surface area contributed by atoms with Gasteiger partial charge in [-0.1, -0.05) is 44.4 Å². The number of benzene rings is 1. The summed E-state index contributed by atoms with van der Waals surface area (Å²) in [4.78, 5) is 28.3. The zero-order valence-electron chi connectivity index (χ0n) is 16.3. The normalized spacial score (nSPS) is 20.9. The molecule has 0 bridgehead atoms. The van der Waals surface area contributed by atoms with Gasteiger partial charge in [-0.15, -0.1) is 0 Å². The second-order valence-corrected chi connectivity index (χ2v) is 7.68. The third-order valence-corrected chi connectivity index (χ3v) is 5.87. The highest BCUT2D eigenvalue weighted by Gasteiger charge is 2.50. The minimum absolute atomic E-state index is 0.191. The van der Waals surface area contributed by atoms with Gasteiger partial charge in [0.1, 0.15) is 0 Å². The van der Waals surface area contributed by atoms with E-state index in [-0.39, 0.29) is 5.91 Å². The van der Waals surface area contributed by atoms with Crippen molar-refractivity contribution in [2.75, 3.05) is 32.7 Å². The van der Waals surface area contributed by atoms with Crippen LogP contribution in [0.15, 0.2) is 30.3 Å². The molecule has 0 unspecified atom stereocenters. The highest BCUT2D eigenvalue weighted by Crippen LogP contribution is 2.36. The number of nitrogens with zero attached hydrogens (tertiary/aromatic N) is 3. The van der Waals surface area contributed by atoms with Gasteiger partial charge in [-0.25, -0.2) is 9.80 Å². The van der Waals surface area contributed by atoms with Crippen molar-refractivity contribution < 1.29 is 14.7 Å². The second-order valence-electron chi connectivity index (χ2n) is 7.68. The smallest absolute Gasteiger partial charge is 0.331 e. The fraction of sp³-hybridized carbons (Fsp3) is 0.619. The van der Waals surface area contributed by atoms with Gasteiger partial charge in [-0.3, -0.25) is 9.80 Å². The van der Waals surface area contributed by atoms with Crippen molar-refractivity contribution in [3.05, 3.63) is 35.9 Å². The molecule has 2 aliphatic rings. The van der Waals surface area contributed by atoms with Crippen molar-refractivity contribution >= 4 is 11.9 Å². The van der Waals surface area contributed by atoms with E-state index in [1.54, 1.807) is 17.1 Å². The molecule has 6 heteroatoms. The molecule has 0 spiro atoms. The van der Waals surface area contributed by atoms with Gasteiger partial charge in [0.25, 0.3) is 5.91 Å². The minimum Gasteiger partial charge on any atom is -0.479 e. The quantitative estimate of drug-likeness (QED) is 0.831. The van der Waals surface area contributed by atoms with Crippen LogP contribution in [0.25, 0.3) is 0 Å². The van der Waals surface area contributed by atoms with Crippen LogP contribution >= 0.6 is 0 Å². The minimum atomic E-state index is -1.13. The molecule has 27 heavy (non-hydrogen) atoms. The molecule has 1 aromatic carbocycles. The maximum absolute atomic E-state index is 13.5. The predicted octanol–water partition coefficient (Wildman–Crippen LogP) is 2.86. The summed E-state index contributed by atoms with van der Waals surface area (Å²) >= 11 is 0.